The Kier molecular flexibility index (Phi) is 5.70. The van der Waals surface area contributed by atoms with Gasteiger partial charge in [0.25, 0.3) is 0 Å². The molecule has 4 nitrogen and oxygen atoms in total. The van der Waals surface area contributed by atoms with Crippen LogP contribution >= 0.6 is 0 Å². The van der Waals surface area contributed by atoms with Crippen molar-refractivity contribution in [2.45, 2.75) is 98.5 Å². The van der Waals surface area contributed by atoms with E-state index in [1.165, 1.54) is 5.57 Å². The second kappa shape index (κ2) is 7.76. The molecule has 7 atom stereocenters. The van der Waals surface area contributed by atoms with Crippen molar-refractivity contribution in [2.24, 2.45) is 40.4 Å². The van der Waals surface area contributed by atoms with E-state index in [0.29, 0.717) is 36.4 Å². The zero-order valence-corrected chi connectivity index (χ0v) is 19.5. The van der Waals surface area contributed by atoms with Gasteiger partial charge in [-0.2, -0.15) is 0 Å². The monoisotopic (exact) mass is 416 g/mol. The second-order valence-corrected chi connectivity index (χ2v) is 11.5. The maximum atomic E-state index is 13.0. The highest BCUT2D eigenvalue weighted by atomic mass is 16.5. The van der Waals surface area contributed by atoms with E-state index >= 15 is 0 Å². The number of allylic oxidation sites excluding steroid dienone is 2. The van der Waals surface area contributed by atoms with Gasteiger partial charge in [-0.3, -0.25) is 9.59 Å². The minimum atomic E-state index is -0.378. The minimum Gasteiger partial charge on any atom is -0.431 e. The summed E-state index contributed by atoms with van der Waals surface area (Å²) in [5, 5.41) is 10.1. The molecule has 4 heteroatoms. The fourth-order valence-electron chi connectivity index (χ4n) is 7.46. The molecule has 0 spiro atoms. The lowest BCUT2D eigenvalue weighted by Crippen LogP contribution is -2.50. The minimum absolute atomic E-state index is 0.113. The molecule has 0 aromatic heterocycles. The van der Waals surface area contributed by atoms with Crippen LogP contribution in [0, 0.1) is 40.4 Å². The maximum absolute atomic E-state index is 13.0. The van der Waals surface area contributed by atoms with Crippen LogP contribution in [0.25, 0.3) is 0 Å². The lowest BCUT2D eigenvalue weighted by Gasteiger charge is -2.53. The fourth-order valence-corrected chi connectivity index (χ4v) is 7.46. The fraction of sp³-hybridized carbons (Fsp3) is 0.846. The zero-order valence-electron chi connectivity index (χ0n) is 19.5. The van der Waals surface area contributed by atoms with Crippen molar-refractivity contribution in [2.75, 3.05) is 0 Å². The summed E-state index contributed by atoms with van der Waals surface area (Å²) in [5.74, 6) is 2.60. The van der Waals surface area contributed by atoms with Crippen LogP contribution in [0.2, 0.25) is 0 Å². The van der Waals surface area contributed by atoms with Crippen LogP contribution < -0.4 is 0 Å². The number of ether oxygens (including phenoxy) is 1. The van der Waals surface area contributed by atoms with Crippen LogP contribution in [-0.4, -0.2) is 23.0 Å². The zero-order chi connectivity index (χ0) is 21.8. The Morgan fingerprint density at radius 2 is 1.87 bits per heavy atom. The molecule has 0 radical (unpaired) electrons. The van der Waals surface area contributed by atoms with E-state index in [4.69, 9.17) is 4.74 Å². The summed E-state index contributed by atoms with van der Waals surface area (Å²) < 4.78 is 6.09. The van der Waals surface area contributed by atoms with E-state index in [0.717, 1.165) is 50.7 Å². The van der Waals surface area contributed by atoms with E-state index in [1.807, 2.05) is 13.8 Å². The quantitative estimate of drug-likeness (QED) is 0.607. The Hall–Kier alpha value is -1.16. The van der Waals surface area contributed by atoms with Crippen molar-refractivity contribution in [3.8, 4) is 0 Å². The molecule has 0 saturated heterocycles. The molecule has 0 bridgehead atoms. The molecule has 0 aromatic rings. The third kappa shape index (κ3) is 3.38. The highest BCUT2D eigenvalue weighted by Gasteiger charge is 2.59. The predicted octanol–water partition coefficient (Wildman–Crippen LogP) is 5.43. The summed E-state index contributed by atoms with van der Waals surface area (Å²) in [7, 11) is 0. The van der Waals surface area contributed by atoms with E-state index in [1.54, 1.807) is 0 Å². The topological polar surface area (TPSA) is 63.6 Å². The first kappa shape index (κ1) is 22.0. The van der Waals surface area contributed by atoms with Crippen molar-refractivity contribution in [3.05, 3.63) is 11.3 Å². The highest BCUT2D eigenvalue weighted by molar-refractivity contribution is 5.80. The van der Waals surface area contributed by atoms with Gasteiger partial charge < -0.3 is 9.84 Å². The smallest absolute Gasteiger partial charge is 0.315 e. The van der Waals surface area contributed by atoms with Crippen molar-refractivity contribution in [3.63, 3.8) is 0 Å². The molecule has 168 valence electrons. The van der Waals surface area contributed by atoms with Crippen LogP contribution in [0.15, 0.2) is 11.3 Å². The van der Waals surface area contributed by atoms with Gasteiger partial charge >= 0.3 is 5.97 Å². The van der Waals surface area contributed by atoms with Crippen LogP contribution in [0.4, 0.5) is 0 Å². The number of carbonyl (C=O) groups excluding carboxylic acids is 2. The van der Waals surface area contributed by atoms with Gasteiger partial charge in [0.2, 0.25) is 0 Å². The van der Waals surface area contributed by atoms with Crippen molar-refractivity contribution in [1.82, 2.24) is 0 Å². The first-order valence-electron chi connectivity index (χ1n) is 12.2. The van der Waals surface area contributed by atoms with Crippen LogP contribution in [0.3, 0.4) is 0 Å². The molecular weight excluding hydrogens is 376 g/mol. The Labute approximate surface area is 181 Å². The summed E-state index contributed by atoms with van der Waals surface area (Å²) in [5.41, 5.74) is 1.39. The van der Waals surface area contributed by atoms with E-state index in [9.17, 15) is 14.7 Å². The van der Waals surface area contributed by atoms with E-state index in [-0.39, 0.29) is 34.7 Å². The Morgan fingerprint density at radius 1 is 1.13 bits per heavy atom. The number of ketones is 1. The highest BCUT2D eigenvalue weighted by Crippen LogP contribution is 2.64. The van der Waals surface area contributed by atoms with Crippen molar-refractivity contribution >= 4 is 11.8 Å². The molecule has 4 rings (SSSR count). The first-order valence-corrected chi connectivity index (χ1v) is 12.2. The lowest BCUT2D eigenvalue weighted by atomic mass is 9.54. The van der Waals surface area contributed by atoms with Crippen LogP contribution in [0.5, 0.6) is 0 Å². The molecule has 2 fully saturated rings. The molecule has 1 N–H and O–H groups in total. The third-order valence-corrected chi connectivity index (χ3v) is 9.57. The van der Waals surface area contributed by atoms with Crippen LogP contribution in [0.1, 0.15) is 92.4 Å². The van der Waals surface area contributed by atoms with Gasteiger partial charge in [-0.1, -0.05) is 34.6 Å². The van der Waals surface area contributed by atoms with Crippen molar-refractivity contribution in [1.29, 1.82) is 0 Å². The summed E-state index contributed by atoms with van der Waals surface area (Å²) in [4.78, 5) is 25.1. The lowest BCUT2D eigenvalue weighted by molar-refractivity contribution is -0.159. The molecule has 30 heavy (non-hydrogen) atoms. The SMILES string of the molecule is CC(C)C(=O)CC[C@@H](C)[C@H]1CC[C@H]2C3=C(CC[C@]12C)[C@@]1(C)CCC(O)CC1C(=O)O3. The summed E-state index contributed by atoms with van der Waals surface area (Å²) in [6, 6.07) is 0. The number of aliphatic hydroxyl groups is 1. The number of aliphatic hydroxyl groups excluding tert-OH is 1. The largest absolute Gasteiger partial charge is 0.431 e. The standard InChI is InChI=1S/C26H40O4/c1-15(2)22(28)9-6-16(3)18-7-8-19-23-20(11-13-25(18,19)4)26(5)12-10-17(27)14-21(26)24(29)30-23/h15-19,21,27H,6-14H2,1-5H3/t16-,17?,18-,19+,21?,25-,26-/m1/s1. The molecule has 1 aliphatic heterocycles. The van der Waals surface area contributed by atoms with Gasteiger partial charge in [-0.05, 0) is 74.2 Å². The number of hydrogen-bond donors (Lipinski definition) is 1. The van der Waals surface area contributed by atoms with Gasteiger partial charge in [0.05, 0.1) is 12.0 Å². The normalized spacial score (nSPS) is 41.8. The van der Waals surface area contributed by atoms with Gasteiger partial charge in [-0.15, -0.1) is 0 Å². The predicted molar refractivity (Wildman–Crippen MR) is 116 cm³/mol. The van der Waals surface area contributed by atoms with Crippen LogP contribution in [-0.2, 0) is 14.3 Å². The molecule has 0 aromatic carbocycles. The molecular formula is C26H40O4. The summed E-state index contributed by atoms with van der Waals surface area (Å²) in [6.45, 7) is 11.0. The number of hydrogen-bond acceptors (Lipinski definition) is 4. The third-order valence-electron chi connectivity index (χ3n) is 9.57. The number of rotatable bonds is 5. The first-order chi connectivity index (χ1) is 14.1. The van der Waals surface area contributed by atoms with Crippen molar-refractivity contribution < 1.29 is 19.4 Å². The summed E-state index contributed by atoms with van der Waals surface area (Å²) in [6.07, 6.45) is 7.86. The average molecular weight is 417 g/mol. The Bertz CT molecular complexity index is 752. The van der Waals surface area contributed by atoms with Gasteiger partial charge in [0.1, 0.15) is 11.5 Å². The Balaban J connectivity index is 1.57. The maximum Gasteiger partial charge on any atom is 0.315 e. The molecule has 2 unspecified atom stereocenters. The molecule has 1 heterocycles. The Morgan fingerprint density at radius 3 is 2.57 bits per heavy atom. The number of esters is 1. The van der Waals surface area contributed by atoms with Gasteiger partial charge in [0.15, 0.2) is 0 Å². The van der Waals surface area contributed by atoms with Gasteiger partial charge in [-0.25, -0.2) is 0 Å². The van der Waals surface area contributed by atoms with E-state index < -0.39 is 0 Å². The number of carbonyl (C=O) groups is 2. The summed E-state index contributed by atoms with van der Waals surface area (Å²) >= 11 is 0. The molecule has 3 aliphatic carbocycles. The second-order valence-electron chi connectivity index (χ2n) is 11.5. The average Bonchev–Trinajstić information content (AvgIpc) is 3.04. The van der Waals surface area contributed by atoms with E-state index in [2.05, 4.69) is 20.8 Å². The molecule has 2 saturated carbocycles. The van der Waals surface area contributed by atoms with Gasteiger partial charge in [0, 0.05) is 23.7 Å². The molecule has 0 amide bonds. The molecule has 4 aliphatic rings. The number of Topliss-reactive ketones (excluding diaryl/α,β-unsaturated/α-hetero) is 1. The number of fused-ring (bicyclic) bond motifs is 4.